The minimum atomic E-state index is -0.475. The molecule has 1 saturated heterocycles. The van der Waals surface area contributed by atoms with Gasteiger partial charge in [-0.2, -0.15) is 5.26 Å². The first kappa shape index (κ1) is 14.1. The Bertz CT molecular complexity index is 583. The fourth-order valence-electron chi connectivity index (χ4n) is 2.28. The number of amides is 1. The first-order chi connectivity index (χ1) is 9.65. The summed E-state index contributed by atoms with van der Waals surface area (Å²) in [6.07, 6.45) is 3.54. The highest BCUT2D eigenvalue weighted by molar-refractivity contribution is 6.01. The van der Waals surface area contributed by atoms with Gasteiger partial charge in [-0.05, 0) is 36.6 Å². The van der Waals surface area contributed by atoms with Gasteiger partial charge >= 0.3 is 0 Å². The van der Waals surface area contributed by atoms with Crippen LogP contribution in [-0.4, -0.2) is 26.0 Å². The highest BCUT2D eigenvalue weighted by atomic mass is 19.1. The maximum Gasteiger partial charge on any atom is 0.261 e. The Labute approximate surface area is 117 Å². The highest BCUT2D eigenvalue weighted by Gasteiger charge is 2.16. The second kappa shape index (κ2) is 6.20. The number of hydrogen-bond donors (Lipinski definition) is 1. The molecule has 104 valence electrons. The third-order valence-corrected chi connectivity index (χ3v) is 3.32. The number of nitriles is 1. The minimum absolute atomic E-state index is 0.0409. The third-order valence-electron chi connectivity index (χ3n) is 3.32. The molecule has 1 aliphatic rings. The number of hydrogen-bond acceptors (Lipinski definition) is 3. The first-order valence-corrected chi connectivity index (χ1v) is 6.54. The second-order valence-corrected chi connectivity index (χ2v) is 4.65. The molecule has 1 heterocycles. The van der Waals surface area contributed by atoms with Crippen molar-refractivity contribution in [3.8, 4) is 6.07 Å². The summed E-state index contributed by atoms with van der Waals surface area (Å²) in [7, 11) is 1.45. The third kappa shape index (κ3) is 2.97. The van der Waals surface area contributed by atoms with Crippen molar-refractivity contribution in [3.63, 3.8) is 0 Å². The van der Waals surface area contributed by atoms with E-state index in [1.165, 1.54) is 19.2 Å². The number of nitrogens with zero attached hydrogens (tertiary/aromatic N) is 2. The summed E-state index contributed by atoms with van der Waals surface area (Å²) in [6, 6.07) is 6.58. The van der Waals surface area contributed by atoms with Crippen molar-refractivity contribution in [1.29, 1.82) is 5.26 Å². The van der Waals surface area contributed by atoms with Crippen molar-refractivity contribution >= 4 is 17.7 Å². The van der Waals surface area contributed by atoms with Crippen LogP contribution in [0.25, 0.3) is 6.08 Å². The highest BCUT2D eigenvalue weighted by Crippen LogP contribution is 2.25. The smallest absolute Gasteiger partial charge is 0.261 e. The van der Waals surface area contributed by atoms with Gasteiger partial charge in [0, 0.05) is 20.1 Å². The summed E-state index contributed by atoms with van der Waals surface area (Å²) in [5.41, 5.74) is 1.05. The van der Waals surface area contributed by atoms with Crippen molar-refractivity contribution < 1.29 is 9.18 Å². The van der Waals surface area contributed by atoms with Gasteiger partial charge in [-0.15, -0.1) is 0 Å². The molecule has 5 heteroatoms. The number of anilines is 1. The predicted molar refractivity (Wildman–Crippen MR) is 75.5 cm³/mol. The fraction of sp³-hybridized carbons (Fsp3) is 0.333. The van der Waals surface area contributed by atoms with E-state index in [0.717, 1.165) is 25.9 Å². The van der Waals surface area contributed by atoms with Crippen molar-refractivity contribution in [1.82, 2.24) is 5.32 Å². The molecule has 1 N–H and O–H groups in total. The number of likely N-dealkylation sites (N-methyl/N-ethyl adjacent to an activating group) is 1. The van der Waals surface area contributed by atoms with Gasteiger partial charge in [-0.1, -0.05) is 6.07 Å². The van der Waals surface area contributed by atoms with E-state index < -0.39 is 5.91 Å². The lowest BCUT2D eigenvalue weighted by atomic mass is 10.1. The average Bonchev–Trinajstić information content (AvgIpc) is 2.98. The lowest BCUT2D eigenvalue weighted by molar-refractivity contribution is -0.116. The van der Waals surface area contributed by atoms with Crippen molar-refractivity contribution in [2.45, 2.75) is 12.8 Å². The Morgan fingerprint density at radius 3 is 2.70 bits per heavy atom. The quantitative estimate of drug-likeness (QED) is 0.677. The summed E-state index contributed by atoms with van der Waals surface area (Å²) in [5.74, 6) is -0.800. The molecule has 0 bridgehead atoms. The maximum atomic E-state index is 14.1. The molecule has 1 aromatic rings. The van der Waals surface area contributed by atoms with Gasteiger partial charge in [0.2, 0.25) is 0 Å². The van der Waals surface area contributed by atoms with Crippen LogP contribution in [0, 0.1) is 17.1 Å². The average molecular weight is 273 g/mol. The molecule has 0 spiro atoms. The fourth-order valence-corrected chi connectivity index (χ4v) is 2.28. The van der Waals surface area contributed by atoms with Crippen LogP contribution >= 0.6 is 0 Å². The second-order valence-electron chi connectivity index (χ2n) is 4.65. The molecule has 1 aromatic carbocycles. The van der Waals surface area contributed by atoms with Crippen molar-refractivity contribution in [3.05, 3.63) is 35.2 Å². The van der Waals surface area contributed by atoms with Crippen LogP contribution in [0.2, 0.25) is 0 Å². The molecule has 20 heavy (non-hydrogen) atoms. The van der Waals surface area contributed by atoms with Crippen LogP contribution in [0.4, 0.5) is 10.1 Å². The van der Waals surface area contributed by atoms with Crippen LogP contribution in [0.5, 0.6) is 0 Å². The standard InChI is InChI=1S/C15H16FN3O/c1-18-15(20)12(10-17)8-11-4-5-14(13(16)9-11)19-6-2-3-7-19/h4-5,8-9H,2-3,6-7H2,1H3,(H,18,20)/b12-8-. The number of carbonyl (C=O) groups is 1. The molecule has 0 aliphatic carbocycles. The van der Waals surface area contributed by atoms with Crippen LogP contribution in [0.1, 0.15) is 18.4 Å². The van der Waals surface area contributed by atoms with Gasteiger partial charge < -0.3 is 10.2 Å². The summed E-state index contributed by atoms with van der Waals surface area (Å²) in [5, 5.41) is 11.3. The number of rotatable bonds is 3. The van der Waals surface area contributed by atoms with Gasteiger partial charge in [0.1, 0.15) is 17.5 Å². The molecule has 4 nitrogen and oxygen atoms in total. The Morgan fingerprint density at radius 1 is 1.45 bits per heavy atom. The Morgan fingerprint density at radius 2 is 2.15 bits per heavy atom. The molecule has 0 unspecified atom stereocenters. The Hall–Kier alpha value is -2.35. The van der Waals surface area contributed by atoms with E-state index >= 15 is 0 Å². The zero-order valence-corrected chi connectivity index (χ0v) is 11.3. The minimum Gasteiger partial charge on any atom is -0.369 e. The van der Waals surface area contributed by atoms with E-state index in [0.29, 0.717) is 11.3 Å². The maximum absolute atomic E-state index is 14.1. The molecule has 1 aliphatic heterocycles. The Kier molecular flexibility index (Phi) is 4.36. The normalized spacial score (nSPS) is 15.1. The largest absolute Gasteiger partial charge is 0.369 e. The number of benzene rings is 1. The van der Waals surface area contributed by atoms with E-state index in [-0.39, 0.29) is 11.4 Å². The molecule has 1 amide bonds. The summed E-state index contributed by atoms with van der Waals surface area (Å²) < 4.78 is 14.1. The van der Waals surface area contributed by atoms with Crippen molar-refractivity contribution in [2.75, 3.05) is 25.0 Å². The molecule has 0 atom stereocenters. The summed E-state index contributed by atoms with van der Waals surface area (Å²) >= 11 is 0. The van der Waals surface area contributed by atoms with E-state index in [2.05, 4.69) is 5.32 Å². The van der Waals surface area contributed by atoms with Gasteiger partial charge in [-0.25, -0.2) is 4.39 Å². The van der Waals surface area contributed by atoms with Crippen molar-refractivity contribution in [2.24, 2.45) is 0 Å². The lowest BCUT2D eigenvalue weighted by Crippen LogP contribution is -2.19. The molecule has 0 saturated carbocycles. The van der Waals surface area contributed by atoms with Gasteiger partial charge in [0.05, 0.1) is 5.69 Å². The van der Waals surface area contributed by atoms with E-state index in [4.69, 9.17) is 5.26 Å². The summed E-state index contributed by atoms with van der Waals surface area (Å²) in [6.45, 7) is 1.74. The van der Waals surface area contributed by atoms with E-state index in [1.54, 1.807) is 18.2 Å². The number of carbonyl (C=O) groups excluding carboxylic acids is 1. The predicted octanol–water partition coefficient (Wildman–Crippen LogP) is 2.08. The van der Waals surface area contributed by atoms with Gasteiger partial charge in [0.15, 0.2) is 0 Å². The van der Waals surface area contributed by atoms with Gasteiger partial charge in [-0.3, -0.25) is 4.79 Å². The van der Waals surface area contributed by atoms with Crippen LogP contribution < -0.4 is 10.2 Å². The van der Waals surface area contributed by atoms with Crippen LogP contribution in [0.3, 0.4) is 0 Å². The summed E-state index contributed by atoms with van der Waals surface area (Å²) in [4.78, 5) is 13.4. The van der Waals surface area contributed by atoms with Crippen LogP contribution in [-0.2, 0) is 4.79 Å². The van der Waals surface area contributed by atoms with Gasteiger partial charge in [0.25, 0.3) is 5.91 Å². The Balaban J connectivity index is 2.27. The molecular formula is C15H16FN3O. The topological polar surface area (TPSA) is 56.1 Å². The zero-order valence-electron chi connectivity index (χ0n) is 11.3. The van der Waals surface area contributed by atoms with E-state index in [9.17, 15) is 9.18 Å². The molecule has 1 fully saturated rings. The number of nitrogens with one attached hydrogen (secondary N) is 1. The molecule has 0 radical (unpaired) electrons. The zero-order chi connectivity index (χ0) is 14.5. The molecule has 0 aromatic heterocycles. The van der Waals surface area contributed by atoms with Crippen LogP contribution in [0.15, 0.2) is 23.8 Å². The monoisotopic (exact) mass is 273 g/mol. The number of halogens is 1. The lowest BCUT2D eigenvalue weighted by Gasteiger charge is -2.18. The van der Waals surface area contributed by atoms with E-state index in [1.807, 2.05) is 4.90 Å². The first-order valence-electron chi connectivity index (χ1n) is 6.54. The SMILES string of the molecule is CNC(=O)/C(C#N)=C\c1ccc(N2CCCC2)c(F)c1. The molecule has 2 rings (SSSR count). The molecular weight excluding hydrogens is 257 g/mol.